The van der Waals surface area contributed by atoms with Gasteiger partial charge in [0.05, 0.1) is 0 Å². The van der Waals surface area contributed by atoms with Gasteiger partial charge in [-0.15, -0.1) is 0 Å². The van der Waals surface area contributed by atoms with Crippen LogP contribution >= 0.6 is 11.9 Å². The van der Waals surface area contributed by atoms with Crippen LogP contribution in [-0.4, -0.2) is 0 Å². The van der Waals surface area contributed by atoms with Crippen molar-refractivity contribution in [3.05, 3.63) is 35.8 Å². The molecule has 10 heavy (non-hydrogen) atoms. The summed E-state index contributed by atoms with van der Waals surface area (Å²) in [5.74, 6) is 0. The third-order valence-electron chi connectivity index (χ3n) is 1.14. The lowest BCUT2D eigenvalue weighted by atomic mass is 10.2. The van der Waals surface area contributed by atoms with E-state index in [1.165, 1.54) is 11.9 Å². The third-order valence-corrected chi connectivity index (χ3v) is 1.69. The maximum absolute atomic E-state index is 5.32. The van der Waals surface area contributed by atoms with Gasteiger partial charge in [-0.3, -0.25) is 5.14 Å². The number of nitrogens with two attached hydrogens (primary N) is 1. The van der Waals surface area contributed by atoms with E-state index in [0.717, 1.165) is 16.9 Å². The molecular formula is C8H13NS. The Hall–Kier alpha value is -0.470. The Morgan fingerprint density at radius 3 is 2.60 bits per heavy atom. The zero-order chi connectivity index (χ0) is 7.98. The van der Waals surface area contributed by atoms with Crippen LogP contribution in [0.5, 0.6) is 0 Å². The Balaban J connectivity index is 4.09. The summed E-state index contributed by atoms with van der Waals surface area (Å²) < 4.78 is 0. The van der Waals surface area contributed by atoms with Crippen LogP contribution in [0.1, 0.15) is 13.3 Å². The van der Waals surface area contributed by atoms with Crippen molar-refractivity contribution in [2.75, 3.05) is 0 Å². The van der Waals surface area contributed by atoms with Gasteiger partial charge in [0, 0.05) is 4.91 Å². The van der Waals surface area contributed by atoms with Crippen LogP contribution < -0.4 is 5.14 Å². The van der Waals surface area contributed by atoms with E-state index >= 15 is 0 Å². The molecule has 0 aliphatic heterocycles. The first kappa shape index (κ1) is 9.53. The van der Waals surface area contributed by atoms with E-state index in [0.29, 0.717) is 0 Å². The average molecular weight is 155 g/mol. The standard InChI is InChI=1S/C8H13NS/c1-4-7(3)6-8(5-2)10-9/h5-6H,2-4,9H2,1H3/b8-6+. The summed E-state index contributed by atoms with van der Waals surface area (Å²) in [6.07, 6.45) is 4.63. The average Bonchev–Trinajstić information content (AvgIpc) is 1.99. The molecule has 0 bridgehead atoms. The summed E-state index contributed by atoms with van der Waals surface area (Å²) in [5.41, 5.74) is 1.08. The molecule has 0 saturated carbocycles. The van der Waals surface area contributed by atoms with Gasteiger partial charge in [0.25, 0.3) is 0 Å². The Morgan fingerprint density at radius 2 is 2.30 bits per heavy atom. The summed E-state index contributed by atoms with van der Waals surface area (Å²) in [7, 11) is 0. The van der Waals surface area contributed by atoms with E-state index in [9.17, 15) is 0 Å². The van der Waals surface area contributed by atoms with Crippen molar-refractivity contribution in [2.24, 2.45) is 5.14 Å². The van der Waals surface area contributed by atoms with Gasteiger partial charge in [-0.05, 0) is 24.4 Å². The van der Waals surface area contributed by atoms with Crippen molar-refractivity contribution >= 4 is 11.9 Å². The molecule has 0 amide bonds. The number of hydrogen-bond acceptors (Lipinski definition) is 2. The first-order valence-corrected chi connectivity index (χ1v) is 4.01. The molecule has 0 spiro atoms. The highest BCUT2D eigenvalue weighted by Crippen LogP contribution is 2.12. The van der Waals surface area contributed by atoms with E-state index < -0.39 is 0 Å². The van der Waals surface area contributed by atoms with Crippen molar-refractivity contribution in [2.45, 2.75) is 13.3 Å². The first-order chi connectivity index (χ1) is 4.74. The Bertz CT molecular complexity index is 159. The van der Waals surface area contributed by atoms with Gasteiger partial charge >= 0.3 is 0 Å². The van der Waals surface area contributed by atoms with Crippen LogP contribution in [0, 0.1) is 0 Å². The Labute approximate surface area is 66.8 Å². The van der Waals surface area contributed by atoms with E-state index in [-0.39, 0.29) is 0 Å². The second kappa shape index (κ2) is 5.33. The molecule has 2 N–H and O–H groups in total. The smallest absolute Gasteiger partial charge is 0.0222 e. The summed E-state index contributed by atoms with van der Waals surface area (Å²) in [6, 6.07) is 0. The Morgan fingerprint density at radius 1 is 1.70 bits per heavy atom. The summed E-state index contributed by atoms with van der Waals surface area (Å²) in [5, 5.41) is 5.32. The van der Waals surface area contributed by atoms with Crippen molar-refractivity contribution < 1.29 is 0 Å². The zero-order valence-corrected chi connectivity index (χ0v) is 7.08. The molecule has 0 saturated heterocycles. The first-order valence-electron chi connectivity index (χ1n) is 3.13. The predicted molar refractivity (Wildman–Crippen MR) is 49.5 cm³/mol. The lowest BCUT2D eigenvalue weighted by Gasteiger charge is -1.96. The van der Waals surface area contributed by atoms with Gasteiger partial charge in [0.15, 0.2) is 0 Å². The highest BCUT2D eigenvalue weighted by molar-refractivity contribution is 8.01. The van der Waals surface area contributed by atoms with Crippen LogP contribution in [0.3, 0.4) is 0 Å². The molecule has 0 unspecified atom stereocenters. The lowest BCUT2D eigenvalue weighted by molar-refractivity contribution is 1.16. The van der Waals surface area contributed by atoms with Gasteiger partial charge in [0.2, 0.25) is 0 Å². The fourth-order valence-electron chi connectivity index (χ4n) is 0.444. The molecule has 0 aliphatic rings. The minimum Gasteiger partial charge on any atom is -0.274 e. The molecule has 56 valence electrons. The molecule has 0 rings (SSSR count). The molecule has 0 radical (unpaired) electrons. The maximum Gasteiger partial charge on any atom is 0.0222 e. The topological polar surface area (TPSA) is 26.0 Å². The fraction of sp³-hybridized carbons (Fsp3) is 0.250. The van der Waals surface area contributed by atoms with E-state index in [1.807, 2.05) is 6.08 Å². The van der Waals surface area contributed by atoms with Crippen molar-refractivity contribution in [1.82, 2.24) is 0 Å². The molecule has 0 aromatic heterocycles. The molecule has 0 aromatic rings. The van der Waals surface area contributed by atoms with Crippen LogP contribution in [0.2, 0.25) is 0 Å². The molecule has 2 heteroatoms. The summed E-state index contributed by atoms with van der Waals surface area (Å²) in [6.45, 7) is 9.48. The molecule has 0 heterocycles. The molecule has 1 nitrogen and oxygen atoms in total. The Kier molecular flexibility index (Phi) is 5.08. The van der Waals surface area contributed by atoms with Gasteiger partial charge < -0.3 is 0 Å². The zero-order valence-electron chi connectivity index (χ0n) is 6.26. The number of allylic oxidation sites excluding steroid dienone is 3. The highest BCUT2D eigenvalue weighted by Gasteiger charge is 1.88. The van der Waals surface area contributed by atoms with Crippen molar-refractivity contribution in [3.63, 3.8) is 0 Å². The van der Waals surface area contributed by atoms with E-state index in [1.54, 1.807) is 6.08 Å². The van der Waals surface area contributed by atoms with Crippen LogP contribution in [-0.2, 0) is 0 Å². The molecule has 0 atom stereocenters. The maximum atomic E-state index is 5.32. The third kappa shape index (κ3) is 3.54. The lowest BCUT2D eigenvalue weighted by Crippen LogP contribution is -1.80. The quantitative estimate of drug-likeness (QED) is 0.499. The molecule has 0 fully saturated rings. The highest BCUT2D eigenvalue weighted by atomic mass is 32.2. The second-order valence-corrected chi connectivity index (χ2v) is 2.59. The second-order valence-electron chi connectivity index (χ2n) is 1.88. The molecule has 0 aromatic carbocycles. The van der Waals surface area contributed by atoms with Crippen LogP contribution in [0.25, 0.3) is 0 Å². The number of rotatable bonds is 4. The number of hydrogen-bond donors (Lipinski definition) is 1. The van der Waals surface area contributed by atoms with Gasteiger partial charge in [-0.25, -0.2) is 0 Å². The summed E-state index contributed by atoms with van der Waals surface area (Å²) >= 11 is 1.20. The van der Waals surface area contributed by atoms with Crippen molar-refractivity contribution in [3.8, 4) is 0 Å². The normalized spacial score (nSPS) is 11.2. The van der Waals surface area contributed by atoms with E-state index in [4.69, 9.17) is 5.14 Å². The van der Waals surface area contributed by atoms with E-state index in [2.05, 4.69) is 20.1 Å². The van der Waals surface area contributed by atoms with Gasteiger partial charge in [0.1, 0.15) is 0 Å². The molecular weight excluding hydrogens is 142 g/mol. The minimum atomic E-state index is 0.956. The summed E-state index contributed by atoms with van der Waals surface area (Å²) in [4.78, 5) is 0.965. The monoisotopic (exact) mass is 155 g/mol. The van der Waals surface area contributed by atoms with Gasteiger partial charge in [-0.2, -0.15) is 0 Å². The minimum absolute atomic E-state index is 0.956. The largest absolute Gasteiger partial charge is 0.274 e. The van der Waals surface area contributed by atoms with Crippen LogP contribution in [0.4, 0.5) is 0 Å². The van der Waals surface area contributed by atoms with Crippen LogP contribution in [0.15, 0.2) is 35.8 Å². The van der Waals surface area contributed by atoms with Gasteiger partial charge in [-0.1, -0.05) is 31.7 Å². The fourth-order valence-corrected chi connectivity index (χ4v) is 0.775. The van der Waals surface area contributed by atoms with Crippen molar-refractivity contribution in [1.29, 1.82) is 0 Å². The molecule has 0 aliphatic carbocycles. The SMILES string of the molecule is C=C/C(=C\C(=C)CC)SN. The predicted octanol–water partition coefficient (Wildman–Crippen LogP) is 2.63.